The molecule has 6 heteroatoms. The van der Waals surface area contributed by atoms with Crippen molar-refractivity contribution in [3.8, 4) is 0 Å². The number of rotatable bonds is 3. The van der Waals surface area contributed by atoms with Gasteiger partial charge >= 0.3 is 0 Å². The van der Waals surface area contributed by atoms with Crippen molar-refractivity contribution in [1.29, 1.82) is 0 Å². The molecule has 0 fully saturated rings. The van der Waals surface area contributed by atoms with Crippen LogP contribution in [-0.2, 0) is 9.84 Å². The van der Waals surface area contributed by atoms with Crippen LogP contribution < -0.4 is 11.5 Å². The highest BCUT2D eigenvalue weighted by molar-refractivity contribution is 7.91. The van der Waals surface area contributed by atoms with E-state index in [1.54, 1.807) is 0 Å². The van der Waals surface area contributed by atoms with Crippen molar-refractivity contribution in [2.75, 3.05) is 11.5 Å². The largest absolute Gasteiger partial charge is 0.399 e. The van der Waals surface area contributed by atoms with Gasteiger partial charge in [-0.15, -0.1) is 0 Å². The Morgan fingerprint density at radius 1 is 1.00 bits per heavy atom. The first-order chi connectivity index (χ1) is 9.32. The fourth-order valence-corrected chi connectivity index (χ4v) is 3.15. The molecule has 0 spiro atoms. The van der Waals surface area contributed by atoms with Crippen molar-refractivity contribution in [3.05, 3.63) is 48.0 Å². The fourth-order valence-electron chi connectivity index (χ4n) is 1.79. The number of carbonyl (C=O) groups is 1. The molecule has 0 aliphatic rings. The molecule has 0 saturated carbocycles. The van der Waals surface area contributed by atoms with Gasteiger partial charge in [-0.25, -0.2) is 8.42 Å². The zero-order valence-corrected chi connectivity index (χ0v) is 11.6. The molecule has 104 valence electrons. The average Bonchev–Trinajstić information content (AvgIpc) is 2.38. The Hall–Kier alpha value is -2.34. The molecule has 0 atom stereocenters. The summed E-state index contributed by atoms with van der Waals surface area (Å²) in [7, 11) is -3.72. The van der Waals surface area contributed by atoms with Gasteiger partial charge in [-0.3, -0.25) is 4.79 Å². The normalized spacial score (nSPS) is 11.2. The number of sulfone groups is 1. The van der Waals surface area contributed by atoms with Crippen LogP contribution in [0.5, 0.6) is 0 Å². The maximum absolute atomic E-state index is 12.4. The molecule has 5 nitrogen and oxygen atoms in total. The lowest BCUT2D eigenvalue weighted by molar-refractivity contribution is 0.101. The molecule has 2 rings (SSSR count). The second kappa shape index (κ2) is 4.97. The Labute approximate surface area is 117 Å². The molecular formula is C14H14N2O3S. The third kappa shape index (κ3) is 2.50. The molecule has 2 aromatic carbocycles. The van der Waals surface area contributed by atoms with Crippen LogP contribution in [0.1, 0.15) is 17.3 Å². The van der Waals surface area contributed by atoms with Gasteiger partial charge in [0.25, 0.3) is 0 Å². The molecule has 0 aliphatic carbocycles. The summed E-state index contributed by atoms with van der Waals surface area (Å²) in [6.45, 7) is 1.39. The van der Waals surface area contributed by atoms with E-state index in [9.17, 15) is 13.2 Å². The number of nitrogen functional groups attached to an aromatic ring is 2. The van der Waals surface area contributed by atoms with E-state index >= 15 is 0 Å². The number of benzene rings is 2. The smallest absolute Gasteiger partial charge is 0.208 e. The lowest BCUT2D eigenvalue weighted by Crippen LogP contribution is -2.07. The molecule has 0 bridgehead atoms. The molecule has 4 N–H and O–H groups in total. The predicted molar refractivity (Wildman–Crippen MR) is 77.2 cm³/mol. The minimum Gasteiger partial charge on any atom is -0.399 e. The SMILES string of the molecule is CC(=O)c1ccc(S(=O)(=O)c2ccc(N)cc2)c(N)c1. The summed E-state index contributed by atoms with van der Waals surface area (Å²) in [4.78, 5) is 11.3. The zero-order chi connectivity index (χ0) is 14.9. The van der Waals surface area contributed by atoms with E-state index in [0.717, 1.165) is 0 Å². The lowest BCUT2D eigenvalue weighted by Gasteiger charge is -2.09. The van der Waals surface area contributed by atoms with Crippen LogP contribution in [0.3, 0.4) is 0 Å². The van der Waals surface area contributed by atoms with E-state index in [1.165, 1.54) is 49.4 Å². The van der Waals surface area contributed by atoms with Gasteiger partial charge in [0.05, 0.1) is 15.5 Å². The zero-order valence-electron chi connectivity index (χ0n) is 10.8. The van der Waals surface area contributed by atoms with E-state index in [4.69, 9.17) is 11.5 Å². The number of nitrogens with two attached hydrogens (primary N) is 2. The van der Waals surface area contributed by atoms with E-state index in [0.29, 0.717) is 11.3 Å². The third-order valence-electron chi connectivity index (χ3n) is 2.90. The molecule has 0 radical (unpaired) electrons. The van der Waals surface area contributed by atoms with Crippen LogP contribution in [0.2, 0.25) is 0 Å². The van der Waals surface area contributed by atoms with Gasteiger partial charge in [0, 0.05) is 11.3 Å². The van der Waals surface area contributed by atoms with Gasteiger partial charge < -0.3 is 11.5 Å². The van der Waals surface area contributed by atoms with Crippen LogP contribution >= 0.6 is 0 Å². The Morgan fingerprint density at radius 2 is 1.60 bits per heavy atom. The summed E-state index contributed by atoms with van der Waals surface area (Å²) in [6, 6.07) is 10.0. The van der Waals surface area contributed by atoms with Crippen LogP contribution in [-0.4, -0.2) is 14.2 Å². The first kappa shape index (κ1) is 14.1. The van der Waals surface area contributed by atoms with Crippen molar-refractivity contribution in [2.24, 2.45) is 0 Å². The van der Waals surface area contributed by atoms with Gasteiger partial charge in [0.15, 0.2) is 5.78 Å². The number of hydrogen-bond acceptors (Lipinski definition) is 5. The van der Waals surface area contributed by atoms with E-state index in [-0.39, 0.29) is 21.3 Å². The highest BCUT2D eigenvalue weighted by Gasteiger charge is 2.20. The standard InChI is InChI=1S/C14H14N2O3S/c1-9(17)10-2-7-14(13(16)8-10)20(18,19)12-5-3-11(15)4-6-12/h2-8H,15-16H2,1H3. The molecule has 0 saturated heterocycles. The van der Waals surface area contributed by atoms with Gasteiger partial charge in [-0.1, -0.05) is 0 Å². The summed E-state index contributed by atoms with van der Waals surface area (Å²) in [5.41, 5.74) is 12.2. The lowest BCUT2D eigenvalue weighted by atomic mass is 10.1. The van der Waals surface area contributed by atoms with Crippen molar-refractivity contribution in [2.45, 2.75) is 16.7 Å². The number of ketones is 1. The number of Topliss-reactive ketones (excluding diaryl/α,β-unsaturated/α-hetero) is 1. The number of anilines is 2. The maximum Gasteiger partial charge on any atom is 0.208 e. The molecule has 2 aromatic rings. The second-order valence-corrected chi connectivity index (χ2v) is 6.30. The monoisotopic (exact) mass is 290 g/mol. The molecule has 20 heavy (non-hydrogen) atoms. The van der Waals surface area contributed by atoms with Crippen molar-refractivity contribution < 1.29 is 13.2 Å². The molecule has 0 unspecified atom stereocenters. The Morgan fingerprint density at radius 3 is 2.10 bits per heavy atom. The first-order valence-corrected chi connectivity index (χ1v) is 7.32. The molecule has 0 aromatic heterocycles. The quantitative estimate of drug-likeness (QED) is 0.663. The van der Waals surface area contributed by atoms with Crippen molar-refractivity contribution in [1.82, 2.24) is 0 Å². The summed E-state index contributed by atoms with van der Waals surface area (Å²) in [5, 5.41) is 0. The van der Waals surface area contributed by atoms with E-state index < -0.39 is 9.84 Å². The Bertz CT molecular complexity index is 766. The van der Waals surface area contributed by atoms with Gasteiger partial charge in [0.1, 0.15) is 0 Å². The molecular weight excluding hydrogens is 276 g/mol. The topological polar surface area (TPSA) is 103 Å². The second-order valence-electron chi connectivity index (χ2n) is 4.38. The highest BCUT2D eigenvalue weighted by Crippen LogP contribution is 2.27. The summed E-state index contributed by atoms with van der Waals surface area (Å²) in [6.07, 6.45) is 0. The number of hydrogen-bond donors (Lipinski definition) is 2. The predicted octanol–water partition coefficient (Wildman–Crippen LogP) is 1.89. The highest BCUT2D eigenvalue weighted by atomic mass is 32.2. The molecule has 0 heterocycles. The Kier molecular flexibility index (Phi) is 3.50. The van der Waals surface area contributed by atoms with Crippen molar-refractivity contribution in [3.63, 3.8) is 0 Å². The van der Waals surface area contributed by atoms with Crippen LogP contribution in [0.4, 0.5) is 11.4 Å². The summed E-state index contributed by atoms with van der Waals surface area (Å²) < 4.78 is 24.9. The molecule has 0 aliphatic heterocycles. The van der Waals surface area contributed by atoms with E-state index in [2.05, 4.69) is 0 Å². The maximum atomic E-state index is 12.4. The van der Waals surface area contributed by atoms with Crippen LogP contribution in [0, 0.1) is 0 Å². The third-order valence-corrected chi connectivity index (χ3v) is 4.74. The van der Waals surface area contributed by atoms with Gasteiger partial charge in [-0.2, -0.15) is 0 Å². The first-order valence-electron chi connectivity index (χ1n) is 5.83. The van der Waals surface area contributed by atoms with Crippen molar-refractivity contribution >= 4 is 27.0 Å². The van der Waals surface area contributed by atoms with Crippen LogP contribution in [0.25, 0.3) is 0 Å². The summed E-state index contributed by atoms with van der Waals surface area (Å²) in [5.74, 6) is -0.173. The van der Waals surface area contributed by atoms with Gasteiger partial charge in [0.2, 0.25) is 9.84 Å². The number of carbonyl (C=O) groups excluding carboxylic acids is 1. The van der Waals surface area contributed by atoms with E-state index in [1.807, 2.05) is 0 Å². The summed E-state index contributed by atoms with van der Waals surface area (Å²) >= 11 is 0. The minimum absolute atomic E-state index is 0.0210. The minimum atomic E-state index is -3.72. The van der Waals surface area contributed by atoms with Gasteiger partial charge in [-0.05, 0) is 49.4 Å². The Balaban J connectivity index is 2.55. The average molecular weight is 290 g/mol. The van der Waals surface area contributed by atoms with Crippen LogP contribution in [0.15, 0.2) is 52.3 Å². The molecule has 0 amide bonds. The fraction of sp³-hybridized carbons (Fsp3) is 0.0714.